The molecule has 1 fully saturated rings. The highest BCUT2D eigenvalue weighted by atomic mass is 16.7. The van der Waals surface area contributed by atoms with Gasteiger partial charge < -0.3 is 35.3 Å². The predicted octanol–water partition coefficient (Wildman–Crippen LogP) is 7.57. The van der Waals surface area contributed by atoms with Crippen LogP contribution in [0.5, 0.6) is 0 Å². The molecule has 0 bridgehead atoms. The van der Waals surface area contributed by atoms with Crippen molar-refractivity contribution in [3.05, 3.63) is 90.0 Å². The van der Waals surface area contributed by atoms with Crippen molar-refractivity contribution in [2.75, 3.05) is 24.7 Å². The summed E-state index contributed by atoms with van der Waals surface area (Å²) in [5.41, 5.74) is 1.67. The van der Waals surface area contributed by atoms with Crippen LogP contribution in [0, 0.1) is 11.8 Å². The summed E-state index contributed by atoms with van der Waals surface area (Å²) < 4.78 is 17.1. The number of benzene rings is 3. The lowest BCUT2D eigenvalue weighted by Crippen LogP contribution is -2.58. The maximum atomic E-state index is 14.8. The first kappa shape index (κ1) is 46.9. The number of nitrogens with one attached hydrogen (secondary N) is 3. The van der Waals surface area contributed by atoms with Gasteiger partial charge in [0, 0.05) is 30.5 Å². The Hall–Kier alpha value is -4.78. The van der Waals surface area contributed by atoms with Crippen molar-refractivity contribution in [3.63, 3.8) is 0 Å². The average molecular weight is 815 g/mol. The molecule has 1 unspecified atom stereocenters. The molecule has 12 heteroatoms. The van der Waals surface area contributed by atoms with Gasteiger partial charge >= 0.3 is 6.09 Å². The fraction of sp³-hybridized carbons (Fsp3) is 0.532. The van der Waals surface area contributed by atoms with Crippen molar-refractivity contribution in [3.8, 4) is 0 Å². The van der Waals surface area contributed by atoms with E-state index in [9.17, 15) is 24.3 Å². The van der Waals surface area contributed by atoms with Crippen molar-refractivity contribution >= 4 is 40.3 Å². The van der Waals surface area contributed by atoms with E-state index in [0.717, 1.165) is 42.0 Å². The number of hydrogen-bond acceptors (Lipinski definition) is 8. The molecule has 0 radical (unpaired) electrons. The number of nitrogens with zero attached hydrogens (tertiary/aromatic N) is 1. The summed E-state index contributed by atoms with van der Waals surface area (Å²) in [5, 5.41) is 22.2. The lowest BCUT2D eigenvalue weighted by molar-refractivity contribution is -0.162. The van der Waals surface area contributed by atoms with Crippen LogP contribution in [0.3, 0.4) is 0 Å². The first-order valence-corrected chi connectivity index (χ1v) is 21.4. The van der Waals surface area contributed by atoms with Crippen molar-refractivity contribution in [1.29, 1.82) is 0 Å². The summed E-state index contributed by atoms with van der Waals surface area (Å²) in [4.78, 5) is 57.5. The normalized spacial score (nSPS) is 16.6. The van der Waals surface area contributed by atoms with E-state index in [1.165, 1.54) is 11.0 Å². The zero-order valence-electron chi connectivity index (χ0n) is 35.8. The third kappa shape index (κ3) is 15.1. The minimum atomic E-state index is -1.24. The van der Waals surface area contributed by atoms with E-state index >= 15 is 0 Å². The Balaban J connectivity index is 1.65. The quantitative estimate of drug-likeness (QED) is 0.0758. The number of unbranched alkanes of at least 4 members (excludes halogenated alkanes) is 1. The molecule has 0 saturated carbocycles. The van der Waals surface area contributed by atoms with Gasteiger partial charge in [0.05, 0.1) is 24.4 Å². The maximum Gasteiger partial charge on any atom is 0.408 e. The van der Waals surface area contributed by atoms with Crippen molar-refractivity contribution in [2.45, 2.75) is 130 Å². The van der Waals surface area contributed by atoms with Crippen LogP contribution >= 0.6 is 0 Å². The fourth-order valence-corrected chi connectivity index (χ4v) is 7.06. The fourth-order valence-electron chi connectivity index (χ4n) is 7.06. The number of anilines is 1. The van der Waals surface area contributed by atoms with Crippen LogP contribution in [-0.2, 0) is 35.2 Å². The molecule has 5 atom stereocenters. The Morgan fingerprint density at radius 3 is 2.34 bits per heavy atom. The van der Waals surface area contributed by atoms with Gasteiger partial charge in [0.2, 0.25) is 17.7 Å². The zero-order valence-corrected chi connectivity index (χ0v) is 35.8. The molecule has 4 amide bonds. The lowest BCUT2D eigenvalue weighted by atomic mass is 9.95. The molecular formula is C47H66N4O8. The number of ether oxygens (including phenoxy) is 3. The standard InChI is InChI=1S/C47H66N4O8/c1-7-8-22-41(45(54)50-39(28-32(2)3)42(52)29-37(44(53)48-30-33(4)5)25-27-58-43-24-14-15-26-57-43)51(40-23-16-20-36-19-12-13-21-38(36)40)46(55)34(6)49-47(56)59-31-35-17-10-9-11-18-35/h9-13,16-21,23,29,32-34,39,41-43,52H,7-8,14-15,22,24-28,30-31H2,1-6H3,(H,48,53)(H,49,56)(H,50,54)/t34-,39-,41-,42-,43?/m0/s1. The summed E-state index contributed by atoms with van der Waals surface area (Å²) in [6.45, 7) is 12.9. The topological polar surface area (TPSA) is 156 Å². The monoisotopic (exact) mass is 814 g/mol. The van der Waals surface area contributed by atoms with Crippen LogP contribution in [0.25, 0.3) is 10.8 Å². The lowest BCUT2D eigenvalue weighted by Gasteiger charge is -2.35. The van der Waals surface area contributed by atoms with E-state index in [-0.39, 0.29) is 43.7 Å². The Morgan fingerprint density at radius 1 is 0.915 bits per heavy atom. The second-order valence-electron chi connectivity index (χ2n) is 16.2. The van der Waals surface area contributed by atoms with Crippen LogP contribution in [0.15, 0.2) is 84.4 Å². The Morgan fingerprint density at radius 2 is 1.64 bits per heavy atom. The van der Waals surface area contributed by atoms with Crippen LogP contribution in [0.4, 0.5) is 10.5 Å². The third-order valence-electron chi connectivity index (χ3n) is 10.2. The Kier molecular flexibility index (Phi) is 19.3. The molecule has 3 aromatic carbocycles. The molecule has 322 valence electrons. The molecular weight excluding hydrogens is 749 g/mol. The van der Waals surface area contributed by atoms with Gasteiger partial charge in [-0.3, -0.25) is 19.3 Å². The summed E-state index contributed by atoms with van der Waals surface area (Å²) in [5.74, 6) is -0.987. The van der Waals surface area contributed by atoms with Gasteiger partial charge in [-0.1, -0.05) is 114 Å². The van der Waals surface area contributed by atoms with Crippen LogP contribution in [-0.4, -0.2) is 79.2 Å². The molecule has 0 spiro atoms. The van der Waals surface area contributed by atoms with E-state index in [1.807, 2.05) is 101 Å². The van der Waals surface area contributed by atoms with Crippen molar-refractivity contribution in [2.24, 2.45) is 11.8 Å². The minimum Gasteiger partial charge on any atom is -0.445 e. The molecule has 0 aromatic heterocycles. The summed E-state index contributed by atoms with van der Waals surface area (Å²) in [7, 11) is 0. The van der Waals surface area contributed by atoms with Gasteiger partial charge in [0.25, 0.3) is 0 Å². The second kappa shape index (κ2) is 24.3. The Bertz CT molecular complexity index is 1800. The number of carbonyl (C=O) groups excluding carboxylic acids is 4. The van der Waals surface area contributed by atoms with Crippen molar-refractivity contribution in [1.82, 2.24) is 16.0 Å². The van der Waals surface area contributed by atoms with Crippen LogP contribution < -0.4 is 20.9 Å². The smallest absolute Gasteiger partial charge is 0.408 e. The first-order valence-electron chi connectivity index (χ1n) is 21.4. The molecule has 4 rings (SSSR count). The van der Waals surface area contributed by atoms with E-state index in [2.05, 4.69) is 16.0 Å². The highest BCUT2D eigenvalue weighted by Crippen LogP contribution is 2.31. The van der Waals surface area contributed by atoms with Crippen molar-refractivity contribution < 1.29 is 38.5 Å². The maximum absolute atomic E-state index is 14.8. The van der Waals surface area contributed by atoms with Gasteiger partial charge in [-0.2, -0.15) is 0 Å². The van der Waals surface area contributed by atoms with E-state index in [1.54, 1.807) is 13.0 Å². The molecule has 4 N–H and O–H groups in total. The molecule has 1 saturated heterocycles. The van der Waals surface area contributed by atoms with Crippen LogP contribution in [0.1, 0.15) is 98.5 Å². The molecule has 59 heavy (non-hydrogen) atoms. The SMILES string of the molecule is CCCC[C@@H](C(=O)N[C@@H](CC(C)C)[C@@H](O)C=C(CCOC1CCCCO1)C(=O)NCC(C)C)N(C(=O)[C@H](C)NC(=O)OCc1ccccc1)c1cccc2ccccc12. The predicted molar refractivity (Wildman–Crippen MR) is 231 cm³/mol. The number of carbonyl (C=O) groups is 4. The minimum absolute atomic E-state index is 0.0270. The van der Waals surface area contributed by atoms with E-state index < -0.39 is 42.1 Å². The Labute approximate surface area is 350 Å². The number of rotatable bonds is 22. The number of fused-ring (bicyclic) bond motifs is 1. The first-order chi connectivity index (χ1) is 28.4. The zero-order chi connectivity index (χ0) is 42.7. The number of hydrogen-bond donors (Lipinski definition) is 4. The molecule has 0 aliphatic carbocycles. The highest BCUT2D eigenvalue weighted by molar-refractivity contribution is 6.09. The molecule has 12 nitrogen and oxygen atoms in total. The largest absolute Gasteiger partial charge is 0.445 e. The van der Waals surface area contributed by atoms with Gasteiger partial charge in [0.15, 0.2) is 6.29 Å². The van der Waals surface area contributed by atoms with Crippen LogP contribution in [0.2, 0.25) is 0 Å². The van der Waals surface area contributed by atoms with Gasteiger partial charge in [-0.05, 0) is 74.0 Å². The molecule has 1 heterocycles. The van der Waals surface area contributed by atoms with Gasteiger partial charge in [0.1, 0.15) is 18.7 Å². The van der Waals surface area contributed by atoms with Gasteiger partial charge in [-0.25, -0.2) is 4.79 Å². The molecule has 1 aliphatic heterocycles. The van der Waals surface area contributed by atoms with E-state index in [4.69, 9.17) is 14.2 Å². The second-order valence-corrected chi connectivity index (χ2v) is 16.2. The number of amides is 4. The highest BCUT2D eigenvalue weighted by Gasteiger charge is 2.36. The average Bonchev–Trinajstić information content (AvgIpc) is 3.23. The summed E-state index contributed by atoms with van der Waals surface area (Å²) in [6.07, 6.45) is 4.31. The molecule has 3 aromatic rings. The molecule has 1 aliphatic rings. The van der Waals surface area contributed by atoms with E-state index in [0.29, 0.717) is 43.7 Å². The number of alkyl carbamates (subject to hydrolysis) is 1. The van der Waals surface area contributed by atoms with Gasteiger partial charge in [-0.15, -0.1) is 0 Å². The summed E-state index contributed by atoms with van der Waals surface area (Å²) in [6, 6.07) is 19.6. The summed E-state index contributed by atoms with van der Waals surface area (Å²) >= 11 is 0. The third-order valence-corrected chi connectivity index (χ3v) is 10.2. The number of aliphatic hydroxyl groups excluding tert-OH is 1. The number of aliphatic hydroxyl groups is 1.